The third kappa shape index (κ3) is 2.30. The number of anilines is 1. The van der Waals surface area contributed by atoms with E-state index in [1.54, 1.807) is 16.8 Å². The fraction of sp³-hybridized carbons (Fsp3) is 0.364. The molecule has 3 rings (SSSR count). The standard InChI is InChI=1S/C11H12N6O3/c18-17(19)10-3-1-9(2-4-10)16-11(12-13-14-16)15-5-7-20-8-6-15/h1-4H,5-8H2. The van der Waals surface area contributed by atoms with E-state index in [0.29, 0.717) is 37.9 Å². The molecule has 1 fully saturated rings. The summed E-state index contributed by atoms with van der Waals surface area (Å²) in [5.74, 6) is 0.613. The number of aromatic nitrogens is 4. The van der Waals surface area contributed by atoms with Crippen molar-refractivity contribution in [2.24, 2.45) is 0 Å². The van der Waals surface area contributed by atoms with E-state index in [4.69, 9.17) is 4.74 Å². The van der Waals surface area contributed by atoms with Crippen LogP contribution in [0, 0.1) is 10.1 Å². The van der Waals surface area contributed by atoms with Crippen LogP contribution in [0.1, 0.15) is 0 Å². The summed E-state index contributed by atoms with van der Waals surface area (Å²) in [6, 6.07) is 6.11. The van der Waals surface area contributed by atoms with Crippen molar-refractivity contribution in [1.82, 2.24) is 20.2 Å². The van der Waals surface area contributed by atoms with E-state index in [9.17, 15) is 10.1 Å². The van der Waals surface area contributed by atoms with Crippen LogP contribution >= 0.6 is 0 Å². The Morgan fingerprint density at radius 1 is 1.20 bits per heavy atom. The predicted molar refractivity (Wildman–Crippen MR) is 68.8 cm³/mol. The number of benzene rings is 1. The largest absolute Gasteiger partial charge is 0.378 e. The minimum Gasteiger partial charge on any atom is -0.378 e. The Hall–Kier alpha value is -2.55. The number of rotatable bonds is 3. The highest BCUT2D eigenvalue weighted by Crippen LogP contribution is 2.19. The van der Waals surface area contributed by atoms with Crippen LogP contribution in [-0.2, 0) is 4.74 Å². The minimum atomic E-state index is -0.438. The van der Waals surface area contributed by atoms with Gasteiger partial charge in [-0.15, -0.1) is 0 Å². The molecular formula is C11H12N6O3. The van der Waals surface area contributed by atoms with E-state index in [1.807, 2.05) is 4.90 Å². The first kappa shape index (κ1) is 12.5. The first-order valence-corrected chi connectivity index (χ1v) is 6.11. The van der Waals surface area contributed by atoms with Crippen molar-refractivity contribution >= 4 is 11.6 Å². The van der Waals surface area contributed by atoms with Gasteiger partial charge in [0.25, 0.3) is 11.6 Å². The molecule has 9 heteroatoms. The minimum absolute atomic E-state index is 0.0368. The Morgan fingerprint density at radius 2 is 1.90 bits per heavy atom. The smallest absolute Gasteiger partial charge is 0.269 e. The molecule has 0 spiro atoms. The van der Waals surface area contributed by atoms with Gasteiger partial charge in [-0.05, 0) is 22.6 Å². The molecular weight excluding hydrogens is 264 g/mol. The van der Waals surface area contributed by atoms with Gasteiger partial charge in [0.1, 0.15) is 0 Å². The maximum atomic E-state index is 10.6. The number of morpholine rings is 1. The van der Waals surface area contributed by atoms with Gasteiger partial charge in [0.15, 0.2) is 0 Å². The lowest BCUT2D eigenvalue weighted by Gasteiger charge is -2.26. The second-order valence-electron chi connectivity index (χ2n) is 4.26. The second kappa shape index (κ2) is 5.21. The number of hydrogen-bond acceptors (Lipinski definition) is 7. The zero-order valence-electron chi connectivity index (χ0n) is 10.5. The topological polar surface area (TPSA) is 99.2 Å². The summed E-state index contributed by atoms with van der Waals surface area (Å²) in [6.45, 7) is 2.70. The molecule has 0 saturated carbocycles. The van der Waals surface area contributed by atoms with Crippen molar-refractivity contribution in [1.29, 1.82) is 0 Å². The molecule has 9 nitrogen and oxygen atoms in total. The Morgan fingerprint density at radius 3 is 2.55 bits per heavy atom. The summed E-state index contributed by atoms with van der Waals surface area (Å²) in [5.41, 5.74) is 0.719. The molecule has 1 aromatic heterocycles. The predicted octanol–water partition coefficient (Wildman–Crippen LogP) is 0.407. The van der Waals surface area contributed by atoms with Crippen molar-refractivity contribution in [3.63, 3.8) is 0 Å². The van der Waals surface area contributed by atoms with Crippen LogP contribution in [0.3, 0.4) is 0 Å². The average Bonchev–Trinajstić information content (AvgIpc) is 2.97. The van der Waals surface area contributed by atoms with Gasteiger partial charge in [0, 0.05) is 25.2 Å². The Bertz CT molecular complexity index is 605. The van der Waals surface area contributed by atoms with Gasteiger partial charge in [-0.3, -0.25) is 10.1 Å². The third-order valence-electron chi connectivity index (χ3n) is 3.05. The summed E-state index contributed by atoms with van der Waals surface area (Å²) in [4.78, 5) is 12.2. The summed E-state index contributed by atoms with van der Waals surface area (Å²) < 4.78 is 6.86. The van der Waals surface area contributed by atoms with Gasteiger partial charge in [-0.25, -0.2) is 0 Å². The normalized spacial score (nSPS) is 15.3. The maximum absolute atomic E-state index is 10.6. The first-order chi connectivity index (χ1) is 9.75. The monoisotopic (exact) mass is 276 g/mol. The van der Waals surface area contributed by atoms with Crippen LogP contribution in [0.4, 0.5) is 11.6 Å². The lowest BCUT2D eigenvalue weighted by Crippen LogP contribution is -2.37. The lowest BCUT2D eigenvalue weighted by atomic mass is 10.3. The fourth-order valence-electron chi connectivity index (χ4n) is 2.03. The Labute approximate surface area is 113 Å². The fourth-order valence-corrected chi connectivity index (χ4v) is 2.03. The number of tetrazole rings is 1. The lowest BCUT2D eigenvalue weighted by molar-refractivity contribution is -0.384. The summed E-state index contributed by atoms with van der Waals surface area (Å²) in [7, 11) is 0. The van der Waals surface area contributed by atoms with Crippen molar-refractivity contribution < 1.29 is 9.66 Å². The van der Waals surface area contributed by atoms with Crippen LogP contribution in [-0.4, -0.2) is 51.4 Å². The van der Waals surface area contributed by atoms with E-state index in [0.717, 1.165) is 0 Å². The first-order valence-electron chi connectivity index (χ1n) is 6.11. The summed E-state index contributed by atoms with van der Waals surface area (Å²) in [6.07, 6.45) is 0. The summed E-state index contributed by atoms with van der Waals surface area (Å²) in [5, 5.41) is 22.3. The highest BCUT2D eigenvalue weighted by molar-refractivity contribution is 5.45. The molecule has 104 valence electrons. The van der Waals surface area contributed by atoms with Crippen LogP contribution in [0.15, 0.2) is 24.3 Å². The molecule has 20 heavy (non-hydrogen) atoms. The quantitative estimate of drug-likeness (QED) is 0.591. The number of ether oxygens (including phenoxy) is 1. The van der Waals surface area contributed by atoms with E-state index < -0.39 is 4.92 Å². The van der Waals surface area contributed by atoms with Crippen molar-refractivity contribution in [2.75, 3.05) is 31.2 Å². The second-order valence-corrected chi connectivity index (χ2v) is 4.26. The van der Waals surface area contributed by atoms with Crippen molar-refractivity contribution in [3.8, 4) is 5.69 Å². The number of nitro groups is 1. The van der Waals surface area contributed by atoms with Crippen molar-refractivity contribution in [3.05, 3.63) is 34.4 Å². The van der Waals surface area contributed by atoms with Crippen molar-refractivity contribution in [2.45, 2.75) is 0 Å². The molecule has 0 bridgehead atoms. The molecule has 0 amide bonds. The highest BCUT2D eigenvalue weighted by Gasteiger charge is 2.19. The van der Waals surface area contributed by atoms with Crippen LogP contribution in [0.5, 0.6) is 0 Å². The molecule has 0 aliphatic carbocycles. The molecule has 0 radical (unpaired) electrons. The van der Waals surface area contributed by atoms with E-state index >= 15 is 0 Å². The molecule has 1 aromatic carbocycles. The van der Waals surface area contributed by atoms with E-state index in [2.05, 4.69) is 15.5 Å². The third-order valence-corrected chi connectivity index (χ3v) is 3.05. The van der Waals surface area contributed by atoms with E-state index in [1.165, 1.54) is 12.1 Å². The molecule has 0 N–H and O–H groups in total. The van der Waals surface area contributed by atoms with Crippen LogP contribution < -0.4 is 4.90 Å². The molecule has 1 aliphatic rings. The van der Waals surface area contributed by atoms with Gasteiger partial charge in [0.2, 0.25) is 0 Å². The van der Waals surface area contributed by atoms with Crippen LogP contribution in [0.2, 0.25) is 0 Å². The van der Waals surface area contributed by atoms with Gasteiger partial charge in [-0.2, -0.15) is 4.68 Å². The number of non-ortho nitro benzene ring substituents is 1. The van der Waals surface area contributed by atoms with Crippen LogP contribution in [0.25, 0.3) is 5.69 Å². The van der Waals surface area contributed by atoms with Gasteiger partial charge >= 0.3 is 0 Å². The van der Waals surface area contributed by atoms with Gasteiger partial charge in [0.05, 0.1) is 23.8 Å². The molecule has 1 aliphatic heterocycles. The number of nitro benzene ring substituents is 1. The van der Waals surface area contributed by atoms with E-state index in [-0.39, 0.29) is 5.69 Å². The Kier molecular flexibility index (Phi) is 3.25. The molecule has 1 saturated heterocycles. The Balaban J connectivity index is 1.90. The molecule has 0 unspecified atom stereocenters. The SMILES string of the molecule is O=[N+]([O-])c1ccc(-n2nnnc2N2CCOCC2)cc1. The zero-order chi connectivity index (χ0) is 13.9. The molecule has 2 heterocycles. The molecule has 0 atom stereocenters. The average molecular weight is 276 g/mol. The number of hydrogen-bond donors (Lipinski definition) is 0. The van der Waals surface area contributed by atoms with Gasteiger partial charge < -0.3 is 9.64 Å². The molecule has 2 aromatic rings. The number of nitrogens with zero attached hydrogens (tertiary/aromatic N) is 6. The summed E-state index contributed by atoms with van der Waals surface area (Å²) >= 11 is 0. The van der Waals surface area contributed by atoms with Gasteiger partial charge in [-0.1, -0.05) is 5.10 Å². The highest BCUT2D eigenvalue weighted by atomic mass is 16.6. The zero-order valence-corrected chi connectivity index (χ0v) is 10.5. The maximum Gasteiger partial charge on any atom is 0.269 e.